The van der Waals surface area contributed by atoms with Gasteiger partial charge in [-0.05, 0) is 19.4 Å². The maximum Gasteiger partial charge on any atom is 0.411 e. The van der Waals surface area contributed by atoms with Crippen molar-refractivity contribution in [2.24, 2.45) is 7.05 Å². The van der Waals surface area contributed by atoms with Crippen molar-refractivity contribution in [3.63, 3.8) is 0 Å². The molecular weight excluding hydrogens is 271 g/mol. The van der Waals surface area contributed by atoms with Gasteiger partial charge in [0.15, 0.2) is 0 Å². The Morgan fingerprint density at radius 2 is 2.20 bits per heavy atom. The number of hydrogen-bond donors (Lipinski definition) is 1. The monoisotopic (exact) mass is 293 g/mol. The molecule has 0 aliphatic carbocycles. The lowest BCUT2D eigenvalue weighted by Crippen LogP contribution is -2.36. The van der Waals surface area contributed by atoms with E-state index in [-0.39, 0.29) is 12.6 Å². The summed E-state index contributed by atoms with van der Waals surface area (Å²) < 4.78 is 42.8. The number of imidazole rings is 1. The SMILES string of the molecule is CCCNC(CCc1nccn1C)COCC(F)(F)F. The van der Waals surface area contributed by atoms with Gasteiger partial charge in [-0.3, -0.25) is 0 Å². The molecule has 0 aliphatic heterocycles. The van der Waals surface area contributed by atoms with Crippen molar-refractivity contribution in [1.82, 2.24) is 14.9 Å². The van der Waals surface area contributed by atoms with Gasteiger partial charge in [-0.1, -0.05) is 6.92 Å². The van der Waals surface area contributed by atoms with Crippen molar-refractivity contribution < 1.29 is 17.9 Å². The summed E-state index contributed by atoms with van der Waals surface area (Å²) in [5.74, 6) is 0.920. The van der Waals surface area contributed by atoms with Crippen molar-refractivity contribution in [2.45, 2.75) is 38.4 Å². The van der Waals surface area contributed by atoms with Crippen molar-refractivity contribution in [1.29, 1.82) is 0 Å². The van der Waals surface area contributed by atoms with Crippen LogP contribution < -0.4 is 5.32 Å². The van der Waals surface area contributed by atoms with Crippen LogP contribution in [-0.4, -0.2) is 41.5 Å². The van der Waals surface area contributed by atoms with E-state index in [4.69, 9.17) is 4.74 Å². The second kappa shape index (κ2) is 8.26. The second-order valence-electron chi connectivity index (χ2n) is 4.77. The lowest BCUT2D eigenvalue weighted by atomic mass is 10.1. The molecule has 0 bridgehead atoms. The molecule has 20 heavy (non-hydrogen) atoms. The summed E-state index contributed by atoms with van der Waals surface area (Å²) in [6, 6.07) is -0.0889. The fourth-order valence-corrected chi connectivity index (χ4v) is 1.85. The molecule has 4 nitrogen and oxygen atoms in total. The molecule has 1 aromatic heterocycles. The van der Waals surface area contributed by atoms with Gasteiger partial charge in [0.2, 0.25) is 0 Å². The number of aryl methyl sites for hydroxylation is 2. The number of nitrogens with one attached hydrogen (secondary N) is 1. The van der Waals surface area contributed by atoms with Crippen LogP contribution in [0.5, 0.6) is 0 Å². The number of ether oxygens (including phenoxy) is 1. The van der Waals surface area contributed by atoms with Gasteiger partial charge in [0.25, 0.3) is 0 Å². The number of rotatable bonds is 9. The Kier molecular flexibility index (Phi) is 7.01. The first-order valence-electron chi connectivity index (χ1n) is 6.76. The first-order chi connectivity index (χ1) is 9.42. The van der Waals surface area contributed by atoms with E-state index in [0.29, 0.717) is 12.8 Å². The van der Waals surface area contributed by atoms with Gasteiger partial charge in [0.05, 0.1) is 6.61 Å². The molecule has 1 aromatic rings. The summed E-state index contributed by atoms with van der Waals surface area (Å²) >= 11 is 0. The van der Waals surface area contributed by atoms with E-state index in [2.05, 4.69) is 10.3 Å². The summed E-state index contributed by atoms with van der Waals surface area (Å²) in [6.45, 7) is 1.64. The minimum Gasteiger partial charge on any atom is -0.370 e. The molecular formula is C13H22F3N3O. The van der Waals surface area contributed by atoms with Gasteiger partial charge >= 0.3 is 6.18 Å². The Morgan fingerprint density at radius 1 is 1.45 bits per heavy atom. The summed E-state index contributed by atoms with van der Waals surface area (Å²) in [7, 11) is 1.90. The van der Waals surface area contributed by atoms with Gasteiger partial charge in [-0.2, -0.15) is 13.2 Å². The Balaban J connectivity index is 2.37. The molecule has 0 saturated carbocycles. The van der Waals surface area contributed by atoms with Gasteiger partial charge < -0.3 is 14.6 Å². The highest BCUT2D eigenvalue weighted by atomic mass is 19.4. The maximum absolute atomic E-state index is 12.1. The third kappa shape index (κ3) is 6.91. The molecule has 0 saturated heterocycles. The van der Waals surface area contributed by atoms with Gasteiger partial charge in [-0.25, -0.2) is 4.98 Å². The third-order valence-corrected chi connectivity index (χ3v) is 2.91. The molecule has 1 unspecified atom stereocenters. The molecule has 0 spiro atoms. The lowest BCUT2D eigenvalue weighted by molar-refractivity contribution is -0.175. The van der Waals surface area contributed by atoms with Crippen LogP contribution >= 0.6 is 0 Å². The van der Waals surface area contributed by atoms with E-state index in [9.17, 15) is 13.2 Å². The van der Waals surface area contributed by atoms with E-state index in [1.807, 2.05) is 24.7 Å². The minimum atomic E-state index is -4.27. The molecule has 1 atom stereocenters. The van der Waals surface area contributed by atoms with Gasteiger partial charge in [0.1, 0.15) is 12.4 Å². The fraction of sp³-hybridized carbons (Fsp3) is 0.769. The van der Waals surface area contributed by atoms with E-state index >= 15 is 0 Å². The zero-order valence-corrected chi connectivity index (χ0v) is 11.9. The Labute approximate surface area is 117 Å². The Bertz CT molecular complexity index is 379. The first-order valence-corrected chi connectivity index (χ1v) is 6.76. The smallest absolute Gasteiger partial charge is 0.370 e. The molecule has 116 valence electrons. The van der Waals surface area contributed by atoms with E-state index < -0.39 is 12.8 Å². The van der Waals surface area contributed by atoms with Gasteiger partial charge in [0, 0.05) is 31.9 Å². The average Bonchev–Trinajstić information content (AvgIpc) is 2.76. The molecule has 0 aliphatic rings. The Hall–Kier alpha value is -1.08. The van der Waals surface area contributed by atoms with Crippen LogP contribution in [0.15, 0.2) is 12.4 Å². The molecule has 0 radical (unpaired) electrons. The summed E-state index contributed by atoms with van der Waals surface area (Å²) in [5.41, 5.74) is 0. The number of aromatic nitrogens is 2. The highest BCUT2D eigenvalue weighted by Crippen LogP contribution is 2.14. The van der Waals surface area contributed by atoms with Crippen LogP contribution in [-0.2, 0) is 18.2 Å². The molecule has 1 N–H and O–H groups in total. The van der Waals surface area contributed by atoms with E-state index in [1.165, 1.54) is 0 Å². The number of alkyl halides is 3. The zero-order chi connectivity index (χ0) is 15.0. The number of nitrogens with zero attached hydrogens (tertiary/aromatic N) is 2. The molecule has 7 heteroatoms. The molecule has 1 rings (SSSR count). The Morgan fingerprint density at radius 3 is 2.75 bits per heavy atom. The zero-order valence-electron chi connectivity index (χ0n) is 11.9. The number of halogens is 3. The topological polar surface area (TPSA) is 39.1 Å². The standard InChI is InChI=1S/C13H22F3N3O/c1-3-6-17-11(9-20-10-13(14,15)16)4-5-12-18-7-8-19(12)2/h7-8,11,17H,3-6,9-10H2,1-2H3. The lowest BCUT2D eigenvalue weighted by Gasteiger charge is -2.19. The van der Waals surface area contributed by atoms with Crippen LogP contribution in [0.4, 0.5) is 13.2 Å². The van der Waals surface area contributed by atoms with Crippen molar-refractivity contribution in [3.8, 4) is 0 Å². The first kappa shape index (κ1) is 17.0. The highest BCUT2D eigenvalue weighted by Gasteiger charge is 2.27. The van der Waals surface area contributed by atoms with Crippen molar-refractivity contribution in [3.05, 3.63) is 18.2 Å². The minimum absolute atomic E-state index is 0.0595. The predicted molar refractivity (Wildman–Crippen MR) is 70.5 cm³/mol. The maximum atomic E-state index is 12.1. The molecule has 0 amide bonds. The van der Waals surface area contributed by atoms with Crippen LogP contribution in [0.3, 0.4) is 0 Å². The highest BCUT2D eigenvalue weighted by molar-refractivity contribution is 4.92. The van der Waals surface area contributed by atoms with Crippen LogP contribution in [0.2, 0.25) is 0 Å². The summed E-state index contributed by atoms with van der Waals surface area (Å²) in [4.78, 5) is 4.20. The van der Waals surface area contributed by atoms with Crippen LogP contribution in [0.1, 0.15) is 25.6 Å². The summed E-state index contributed by atoms with van der Waals surface area (Å²) in [6.07, 6.45) is 1.63. The van der Waals surface area contributed by atoms with Crippen molar-refractivity contribution in [2.75, 3.05) is 19.8 Å². The normalized spacial score (nSPS) is 13.7. The fourth-order valence-electron chi connectivity index (χ4n) is 1.85. The summed E-state index contributed by atoms with van der Waals surface area (Å²) in [5, 5.41) is 3.21. The second-order valence-corrected chi connectivity index (χ2v) is 4.77. The average molecular weight is 293 g/mol. The quantitative estimate of drug-likeness (QED) is 0.759. The van der Waals surface area contributed by atoms with Crippen LogP contribution in [0, 0.1) is 0 Å². The third-order valence-electron chi connectivity index (χ3n) is 2.91. The van der Waals surface area contributed by atoms with E-state index in [1.54, 1.807) is 6.20 Å². The molecule has 0 fully saturated rings. The number of hydrogen-bond acceptors (Lipinski definition) is 3. The van der Waals surface area contributed by atoms with Gasteiger partial charge in [-0.15, -0.1) is 0 Å². The van der Waals surface area contributed by atoms with Crippen molar-refractivity contribution >= 4 is 0 Å². The molecule has 0 aromatic carbocycles. The predicted octanol–water partition coefficient (Wildman–Crippen LogP) is 2.30. The largest absolute Gasteiger partial charge is 0.411 e. The van der Waals surface area contributed by atoms with Crippen LogP contribution in [0.25, 0.3) is 0 Å². The molecule has 1 heterocycles. The van der Waals surface area contributed by atoms with E-state index in [0.717, 1.165) is 18.8 Å².